The molecule has 6 aromatic rings. The molecule has 396 valence electrons. The van der Waals surface area contributed by atoms with Crippen LogP contribution < -0.4 is 18.9 Å². The van der Waals surface area contributed by atoms with Gasteiger partial charge in [-0.15, -0.1) is 0 Å². The van der Waals surface area contributed by atoms with Crippen molar-refractivity contribution in [3.8, 4) is 23.0 Å². The summed E-state index contributed by atoms with van der Waals surface area (Å²) in [4.78, 5) is 42.4. The number of hydrogen-bond acceptors (Lipinski definition) is 14. The number of carbonyl (C=O) groups excluding carboxylic acids is 2. The molecule has 2 aromatic heterocycles. The first kappa shape index (κ1) is 56.6. The van der Waals surface area contributed by atoms with Gasteiger partial charge in [-0.05, 0) is 106 Å². The summed E-state index contributed by atoms with van der Waals surface area (Å²) in [5.41, 5.74) is 3.03. The van der Waals surface area contributed by atoms with Crippen molar-refractivity contribution in [2.75, 3.05) is 26.4 Å². The molecule has 0 N–H and O–H groups in total. The monoisotopic (exact) mass is 1080 g/mol. The summed E-state index contributed by atoms with van der Waals surface area (Å²) in [6, 6.07) is 17.5. The lowest BCUT2D eigenvalue weighted by Crippen LogP contribution is -2.17. The van der Waals surface area contributed by atoms with E-state index in [1.54, 1.807) is 26.2 Å². The molecule has 0 saturated carbocycles. The lowest BCUT2D eigenvalue weighted by molar-refractivity contribution is -0.146. The van der Waals surface area contributed by atoms with Crippen LogP contribution in [0.2, 0.25) is 0 Å². The molecule has 0 atom stereocenters. The molecule has 1 aliphatic rings. The second kappa shape index (κ2) is 23.0. The van der Waals surface area contributed by atoms with E-state index in [0.717, 1.165) is 73.1 Å². The maximum atomic E-state index is 13.3. The van der Waals surface area contributed by atoms with E-state index in [1.165, 1.54) is 47.0 Å². The fraction of sp³-hybridized carbons (Fsp3) is 0.448. The molecule has 0 radical (unpaired) electrons. The quantitative estimate of drug-likeness (QED) is 0.0959. The van der Waals surface area contributed by atoms with Crippen LogP contribution in [0.5, 0.6) is 23.0 Å². The van der Waals surface area contributed by atoms with Gasteiger partial charge < -0.3 is 37.6 Å². The van der Waals surface area contributed by atoms with Gasteiger partial charge in [0.15, 0.2) is 13.2 Å². The number of hydrogen-bond donors (Lipinski definition) is 0. The maximum absolute atomic E-state index is 13.3. The van der Waals surface area contributed by atoms with Gasteiger partial charge in [-0.2, -0.15) is 0 Å². The molecule has 1 aliphatic heterocycles. The lowest BCUT2D eigenvalue weighted by atomic mass is 9.87. The third-order valence-corrected chi connectivity index (χ3v) is 16.4. The van der Waals surface area contributed by atoms with Crippen molar-refractivity contribution in [3.05, 3.63) is 107 Å². The fourth-order valence-electron chi connectivity index (χ4n) is 7.70. The molecule has 12 nitrogen and oxygen atoms in total. The zero-order valence-electron chi connectivity index (χ0n) is 45.9. The second-order valence-electron chi connectivity index (χ2n) is 22.3. The van der Waals surface area contributed by atoms with E-state index >= 15 is 0 Å². The molecule has 4 aromatic carbocycles. The molecule has 0 amide bonds. The fourth-order valence-corrected chi connectivity index (χ4v) is 12.5. The van der Waals surface area contributed by atoms with Crippen LogP contribution in [0.3, 0.4) is 0 Å². The molecule has 0 fully saturated rings. The van der Waals surface area contributed by atoms with Crippen molar-refractivity contribution in [3.63, 3.8) is 0 Å². The zero-order valence-corrected chi connectivity index (χ0v) is 49.1. The van der Waals surface area contributed by atoms with Crippen molar-refractivity contribution >= 4 is 59.0 Å². The molecule has 16 heteroatoms. The van der Waals surface area contributed by atoms with Gasteiger partial charge in [0.25, 0.3) is 0 Å². The van der Waals surface area contributed by atoms with E-state index in [2.05, 4.69) is 142 Å². The normalized spacial score (nSPS) is 13.1. The zero-order chi connectivity index (χ0) is 53.9. The minimum absolute atomic E-state index is 0.177. The van der Waals surface area contributed by atoms with Gasteiger partial charge >= 0.3 is 11.9 Å². The van der Waals surface area contributed by atoms with Crippen molar-refractivity contribution in [1.29, 1.82) is 0 Å². The molecule has 0 saturated heterocycles. The Balaban J connectivity index is 1.63. The van der Waals surface area contributed by atoms with Crippen molar-refractivity contribution in [2.45, 2.75) is 171 Å². The summed E-state index contributed by atoms with van der Waals surface area (Å²) in [6.45, 7) is 30.1. The molecule has 3 heterocycles. The van der Waals surface area contributed by atoms with E-state index in [9.17, 15) is 9.59 Å². The molecule has 7 rings (SSSR count). The third kappa shape index (κ3) is 13.8. The topological polar surface area (TPSA) is 125 Å². The highest BCUT2D eigenvalue weighted by Gasteiger charge is 2.31. The van der Waals surface area contributed by atoms with Crippen molar-refractivity contribution < 1.29 is 38.0 Å². The first-order chi connectivity index (χ1) is 34.7. The lowest BCUT2D eigenvalue weighted by Gasteiger charge is -2.28. The smallest absolute Gasteiger partial charge is 0.344 e. The number of benzene rings is 4. The van der Waals surface area contributed by atoms with Crippen LogP contribution in [0.4, 0.5) is 0 Å². The number of fused-ring (bicyclic) bond motifs is 8. The van der Waals surface area contributed by atoms with E-state index in [4.69, 9.17) is 28.4 Å². The molecule has 0 aliphatic carbocycles. The van der Waals surface area contributed by atoms with Crippen LogP contribution in [0.15, 0.2) is 112 Å². The Hall–Kier alpha value is -5.16. The van der Waals surface area contributed by atoms with E-state index in [0.29, 0.717) is 23.0 Å². The van der Waals surface area contributed by atoms with Gasteiger partial charge in [0.2, 0.25) is 0 Å². The second-order valence-corrected chi connectivity index (χ2v) is 26.6. The van der Waals surface area contributed by atoms with Crippen LogP contribution in [-0.4, -0.2) is 57.5 Å². The number of esters is 2. The molecule has 0 spiro atoms. The predicted octanol–water partition coefficient (Wildman–Crippen LogP) is 14.3. The number of aryl methyl sites for hydroxylation is 2. The molecular weight excluding hydrogens is 1010 g/mol. The van der Waals surface area contributed by atoms with E-state index < -0.39 is 11.9 Å². The highest BCUT2D eigenvalue weighted by Crippen LogP contribution is 2.56. The number of nitrogens with zero attached hydrogens (tertiary/aromatic N) is 4. The summed E-state index contributed by atoms with van der Waals surface area (Å²) in [5.74, 6) is 2.86. The van der Waals surface area contributed by atoms with Gasteiger partial charge in [-0.3, -0.25) is 0 Å². The van der Waals surface area contributed by atoms with E-state index in [-0.39, 0.29) is 61.3 Å². The molecular formula is C58H72N4O8S4. The summed E-state index contributed by atoms with van der Waals surface area (Å²) in [6.07, 6.45) is 7.33. The van der Waals surface area contributed by atoms with Gasteiger partial charge in [-0.1, -0.05) is 130 Å². The third-order valence-electron chi connectivity index (χ3n) is 12.2. The van der Waals surface area contributed by atoms with Crippen LogP contribution >= 0.6 is 47.0 Å². The summed E-state index contributed by atoms with van der Waals surface area (Å²) in [7, 11) is 3.90. The minimum atomic E-state index is -0.474. The number of ether oxygens (including phenoxy) is 6. The predicted molar refractivity (Wildman–Crippen MR) is 296 cm³/mol. The SMILES string of the molecule is CCOC(=O)COc1c2cc(C(C)(C)C)cc1Sc1cc(C(C)(C)C)cc(c1OCc1nccn1C)Sc1cc(C(C)(C)C)cc(c1OCC(=O)OCC)Sc1cc(C(C)(C)C)cc(c1OCc1nccn1C)S2. The molecule has 8 bridgehead atoms. The first-order valence-corrected chi connectivity index (χ1v) is 28.2. The van der Waals surface area contributed by atoms with Crippen LogP contribution in [-0.2, 0) is 68.0 Å². The van der Waals surface area contributed by atoms with Crippen molar-refractivity contribution in [2.24, 2.45) is 14.1 Å². The van der Waals surface area contributed by atoms with Crippen molar-refractivity contribution in [1.82, 2.24) is 19.1 Å². The Kier molecular flexibility index (Phi) is 17.6. The molecule has 74 heavy (non-hydrogen) atoms. The van der Waals surface area contributed by atoms with Crippen LogP contribution in [0.1, 0.15) is 131 Å². The average Bonchev–Trinajstić information content (AvgIpc) is 3.91. The standard InChI is InChI=1S/C58H72N4O8S4/c1-17-65-49(63)33-69-53-43-27-37(57(9,10)11)28-44(53)72-40-24-36(56(6,7)8)26-42(52(40)68-32-48-60-20-22-62(48)16)74-46-30-38(58(12,13)14)29-45(54(46)70-34-50(64)66-18-2)73-41-25-35(55(3,4)5)23-39(71-43)51(41)67-31-47-59-19-21-61(47)15/h19-30H,17-18,31-34H2,1-16H3. The highest BCUT2D eigenvalue weighted by atomic mass is 32.2. The average molecular weight is 1080 g/mol. The van der Waals surface area contributed by atoms with Gasteiger partial charge in [0, 0.05) is 38.9 Å². The number of rotatable bonds is 14. The van der Waals surface area contributed by atoms with Crippen LogP contribution in [0, 0.1) is 0 Å². The Morgan fingerprint density at radius 1 is 0.432 bits per heavy atom. The largest absolute Gasteiger partial charge is 0.483 e. The van der Waals surface area contributed by atoms with Gasteiger partial charge in [-0.25, -0.2) is 19.6 Å². The number of carbonyl (C=O) groups is 2. The number of imidazole rings is 2. The Morgan fingerprint density at radius 3 is 0.878 bits per heavy atom. The maximum Gasteiger partial charge on any atom is 0.344 e. The van der Waals surface area contributed by atoms with E-state index in [1.807, 2.05) is 35.6 Å². The Morgan fingerprint density at radius 2 is 0.676 bits per heavy atom. The highest BCUT2D eigenvalue weighted by molar-refractivity contribution is 8.01. The van der Waals surface area contributed by atoms with Crippen LogP contribution in [0.25, 0.3) is 0 Å². The van der Waals surface area contributed by atoms with Gasteiger partial charge in [0.1, 0.15) is 47.9 Å². The summed E-state index contributed by atoms with van der Waals surface area (Å²) < 4.78 is 42.4. The first-order valence-electron chi connectivity index (χ1n) is 24.9. The summed E-state index contributed by atoms with van der Waals surface area (Å²) in [5, 5.41) is 0. The minimum Gasteiger partial charge on any atom is -0.483 e. The number of aromatic nitrogens is 4. The Labute approximate surface area is 455 Å². The van der Waals surface area contributed by atoms with Gasteiger partial charge in [0.05, 0.1) is 52.4 Å². The molecule has 0 unspecified atom stereocenters. The Bertz CT molecular complexity index is 2710. The summed E-state index contributed by atoms with van der Waals surface area (Å²) >= 11 is 6.12.